The first kappa shape index (κ1) is 20.4. The van der Waals surface area contributed by atoms with E-state index in [-0.39, 0.29) is 11.9 Å². The molecule has 1 aromatic heterocycles. The van der Waals surface area contributed by atoms with E-state index in [2.05, 4.69) is 11.1 Å². The highest BCUT2D eigenvalue weighted by Gasteiger charge is 2.53. The van der Waals surface area contributed by atoms with Gasteiger partial charge in [-0.1, -0.05) is 41.9 Å². The number of H-pyrrole nitrogens is 1. The lowest BCUT2D eigenvalue weighted by Gasteiger charge is -2.36. The molecule has 1 unspecified atom stereocenters. The minimum atomic E-state index is -0.633. The zero-order valence-electron chi connectivity index (χ0n) is 18.5. The Hall–Kier alpha value is -3.97. The number of halogens is 1. The summed E-state index contributed by atoms with van der Waals surface area (Å²) in [6.45, 7) is 0.891. The van der Waals surface area contributed by atoms with E-state index in [0.29, 0.717) is 41.8 Å². The fourth-order valence-corrected chi connectivity index (χ4v) is 5.71. The standard InChI is InChI=1S/C27H20ClN3O4/c28-16-5-3-4-15(12-16)25-24-19(18-6-1-2-7-20(18)29-24)14-21-26(32)30(27(33)31(21)25)17-8-9-22-23(13-17)35-11-10-34-22/h1-9,12-13,21,25,29H,10-11,14H2/t21-,25?/m0/s1. The molecule has 0 bridgehead atoms. The molecule has 4 aromatic rings. The van der Waals surface area contributed by atoms with E-state index < -0.39 is 12.1 Å². The van der Waals surface area contributed by atoms with E-state index in [0.717, 1.165) is 27.7 Å². The molecule has 3 aromatic carbocycles. The van der Waals surface area contributed by atoms with E-state index in [9.17, 15) is 9.59 Å². The number of imide groups is 1. The minimum Gasteiger partial charge on any atom is -0.486 e. The number of amides is 3. The Morgan fingerprint density at radius 2 is 1.74 bits per heavy atom. The highest BCUT2D eigenvalue weighted by molar-refractivity contribution is 6.30. The van der Waals surface area contributed by atoms with Crippen LogP contribution in [0.1, 0.15) is 22.9 Å². The summed E-state index contributed by atoms with van der Waals surface area (Å²) in [5.74, 6) is 0.881. The van der Waals surface area contributed by atoms with Crippen LogP contribution in [-0.4, -0.2) is 41.1 Å². The van der Waals surface area contributed by atoms with Crippen LogP contribution in [0.5, 0.6) is 11.5 Å². The van der Waals surface area contributed by atoms with Crippen molar-refractivity contribution in [2.24, 2.45) is 0 Å². The molecule has 8 heteroatoms. The number of para-hydroxylation sites is 1. The van der Waals surface area contributed by atoms with Crippen molar-refractivity contribution in [3.05, 3.63) is 88.6 Å². The number of ether oxygens (including phenoxy) is 2. The molecule has 0 aliphatic carbocycles. The molecule has 4 heterocycles. The second-order valence-corrected chi connectivity index (χ2v) is 9.37. The second kappa shape index (κ2) is 7.52. The van der Waals surface area contributed by atoms with Gasteiger partial charge < -0.3 is 14.5 Å². The van der Waals surface area contributed by atoms with E-state index in [1.807, 2.05) is 36.4 Å². The number of nitrogens with zero attached hydrogens (tertiary/aromatic N) is 2. The maximum Gasteiger partial charge on any atom is 0.332 e. The van der Waals surface area contributed by atoms with Gasteiger partial charge in [0.15, 0.2) is 11.5 Å². The molecule has 2 atom stereocenters. The topological polar surface area (TPSA) is 74.9 Å². The molecular formula is C27H20ClN3O4. The van der Waals surface area contributed by atoms with E-state index in [1.165, 1.54) is 4.90 Å². The first-order valence-corrected chi connectivity index (χ1v) is 11.9. The first-order valence-electron chi connectivity index (χ1n) is 11.5. The summed E-state index contributed by atoms with van der Waals surface area (Å²) in [6, 6.07) is 19.2. The van der Waals surface area contributed by atoms with Crippen LogP contribution >= 0.6 is 11.6 Å². The zero-order valence-corrected chi connectivity index (χ0v) is 19.3. The Bertz CT molecular complexity index is 1530. The summed E-state index contributed by atoms with van der Waals surface area (Å²) in [5.41, 5.74) is 4.26. The molecule has 1 saturated heterocycles. The monoisotopic (exact) mass is 485 g/mol. The number of anilines is 1. The molecule has 3 aliphatic rings. The molecule has 1 fully saturated rings. The minimum absolute atomic E-state index is 0.255. The lowest BCUT2D eigenvalue weighted by atomic mass is 9.89. The first-order chi connectivity index (χ1) is 17.1. The summed E-state index contributed by atoms with van der Waals surface area (Å²) in [6.07, 6.45) is 0.433. The average Bonchev–Trinajstić information content (AvgIpc) is 3.37. The number of urea groups is 1. The van der Waals surface area contributed by atoms with E-state index in [1.54, 1.807) is 29.2 Å². The number of benzene rings is 3. The number of aromatic amines is 1. The summed E-state index contributed by atoms with van der Waals surface area (Å²) >= 11 is 6.35. The lowest BCUT2D eigenvalue weighted by Crippen LogP contribution is -2.44. The van der Waals surface area contributed by atoms with Crippen molar-refractivity contribution < 1.29 is 19.1 Å². The highest BCUT2D eigenvalue weighted by Crippen LogP contribution is 2.46. The van der Waals surface area contributed by atoms with Gasteiger partial charge in [-0.2, -0.15) is 0 Å². The van der Waals surface area contributed by atoms with Crippen LogP contribution in [0.2, 0.25) is 5.02 Å². The number of aromatic nitrogens is 1. The fourth-order valence-electron chi connectivity index (χ4n) is 5.51. The van der Waals surface area contributed by atoms with Crippen LogP contribution in [0.25, 0.3) is 10.9 Å². The predicted molar refractivity (Wildman–Crippen MR) is 131 cm³/mol. The number of carbonyl (C=O) groups excluding carboxylic acids is 2. The highest BCUT2D eigenvalue weighted by atomic mass is 35.5. The van der Waals surface area contributed by atoms with E-state index in [4.69, 9.17) is 21.1 Å². The van der Waals surface area contributed by atoms with Gasteiger partial charge in [-0.3, -0.25) is 9.69 Å². The summed E-state index contributed by atoms with van der Waals surface area (Å²) in [7, 11) is 0. The van der Waals surface area contributed by atoms with Crippen molar-refractivity contribution in [1.29, 1.82) is 0 Å². The zero-order chi connectivity index (χ0) is 23.7. The summed E-state index contributed by atoms with van der Waals surface area (Å²) in [5, 5.41) is 1.64. The maximum absolute atomic E-state index is 13.9. The SMILES string of the molecule is O=C1[C@@H]2Cc3c([nH]c4ccccc34)C(c3cccc(Cl)c3)N2C(=O)N1c1ccc2c(c1)OCCO2. The van der Waals surface area contributed by atoms with Crippen LogP contribution < -0.4 is 14.4 Å². The molecule has 1 N–H and O–H groups in total. The van der Waals surface area contributed by atoms with Gasteiger partial charge in [0.05, 0.1) is 5.69 Å². The van der Waals surface area contributed by atoms with Gasteiger partial charge >= 0.3 is 6.03 Å². The number of hydrogen-bond donors (Lipinski definition) is 1. The van der Waals surface area contributed by atoms with Gasteiger partial charge in [-0.05, 0) is 41.5 Å². The Balaban J connectivity index is 1.38. The van der Waals surface area contributed by atoms with E-state index >= 15 is 0 Å². The van der Waals surface area contributed by atoms with Gasteiger partial charge in [0.2, 0.25) is 0 Å². The third-order valence-corrected chi connectivity index (χ3v) is 7.23. The third kappa shape index (κ3) is 2.98. The van der Waals surface area contributed by atoms with Crippen molar-refractivity contribution >= 4 is 40.1 Å². The molecule has 7 nitrogen and oxygen atoms in total. The largest absolute Gasteiger partial charge is 0.486 e. The summed E-state index contributed by atoms with van der Waals surface area (Å²) in [4.78, 5) is 34.2. The molecule has 7 rings (SSSR count). The molecule has 3 amide bonds. The normalized spacial score (nSPS) is 20.8. The number of rotatable bonds is 2. The van der Waals surface area contributed by atoms with Crippen molar-refractivity contribution in [3.8, 4) is 11.5 Å². The molecule has 0 spiro atoms. The Morgan fingerprint density at radius 3 is 2.60 bits per heavy atom. The molecule has 174 valence electrons. The van der Waals surface area contributed by atoms with Crippen LogP contribution in [0.3, 0.4) is 0 Å². The molecule has 0 radical (unpaired) electrons. The van der Waals surface area contributed by atoms with Crippen LogP contribution in [0, 0.1) is 0 Å². The van der Waals surface area contributed by atoms with Gasteiger partial charge in [0.1, 0.15) is 25.3 Å². The maximum atomic E-state index is 13.9. The molecule has 35 heavy (non-hydrogen) atoms. The Morgan fingerprint density at radius 1 is 0.914 bits per heavy atom. The predicted octanol–water partition coefficient (Wildman–Crippen LogP) is 5.08. The van der Waals surface area contributed by atoms with Gasteiger partial charge in [-0.15, -0.1) is 0 Å². The van der Waals surface area contributed by atoms with Gasteiger partial charge in [0.25, 0.3) is 5.91 Å². The molecule has 0 saturated carbocycles. The fraction of sp³-hybridized carbons (Fsp3) is 0.185. The van der Waals surface area contributed by atoms with Crippen LogP contribution in [0.4, 0.5) is 10.5 Å². The van der Waals surface area contributed by atoms with Gasteiger partial charge in [0, 0.05) is 34.1 Å². The van der Waals surface area contributed by atoms with Crippen LogP contribution in [0.15, 0.2) is 66.7 Å². The molecular weight excluding hydrogens is 466 g/mol. The van der Waals surface area contributed by atoms with Gasteiger partial charge in [-0.25, -0.2) is 9.69 Å². The van der Waals surface area contributed by atoms with Crippen LogP contribution in [-0.2, 0) is 11.2 Å². The quantitative estimate of drug-likeness (QED) is 0.402. The smallest absolute Gasteiger partial charge is 0.332 e. The Kier molecular flexibility index (Phi) is 4.38. The van der Waals surface area contributed by atoms with Crippen molar-refractivity contribution in [3.63, 3.8) is 0 Å². The number of hydrogen-bond acceptors (Lipinski definition) is 4. The molecule has 3 aliphatic heterocycles. The summed E-state index contributed by atoms with van der Waals surface area (Å²) < 4.78 is 11.3. The average molecular weight is 486 g/mol. The van der Waals surface area contributed by atoms with Crippen molar-refractivity contribution in [2.45, 2.75) is 18.5 Å². The van der Waals surface area contributed by atoms with Crippen molar-refractivity contribution in [1.82, 2.24) is 9.88 Å². The third-order valence-electron chi connectivity index (χ3n) is 7.00. The Labute approximate surface area is 205 Å². The second-order valence-electron chi connectivity index (χ2n) is 8.93. The number of carbonyl (C=O) groups is 2. The van der Waals surface area contributed by atoms with Crippen molar-refractivity contribution in [2.75, 3.05) is 18.1 Å². The lowest BCUT2D eigenvalue weighted by molar-refractivity contribution is -0.120. The number of nitrogens with one attached hydrogen (secondary N) is 1. The number of fused-ring (bicyclic) bond motifs is 5.